The minimum absolute atomic E-state index is 0.0594. The standard InChI is InChI=1S/C11H15FN2O3/c1-8-6-11(17-5-3-4-13-2)9(12)7-10(8)14(15)16/h6-7,13H,3-5H2,1-2H3. The summed E-state index contributed by atoms with van der Waals surface area (Å²) in [5.41, 5.74) is 0.157. The van der Waals surface area contributed by atoms with Crippen LogP contribution in [0, 0.1) is 22.9 Å². The monoisotopic (exact) mass is 242 g/mol. The maximum atomic E-state index is 13.5. The smallest absolute Gasteiger partial charge is 0.275 e. The highest BCUT2D eigenvalue weighted by Crippen LogP contribution is 2.26. The third kappa shape index (κ3) is 3.67. The zero-order chi connectivity index (χ0) is 12.8. The van der Waals surface area contributed by atoms with Gasteiger partial charge in [0.25, 0.3) is 5.69 Å². The van der Waals surface area contributed by atoms with E-state index in [0.29, 0.717) is 12.2 Å². The molecule has 0 unspecified atom stereocenters. The molecule has 0 aliphatic carbocycles. The molecule has 0 atom stereocenters. The van der Waals surface area contributed by atoms with Gasteiger partial charge in [-0.15, -0.1) is 0 Å². The number of nitro benzene ring substituents is 1. The van der Waals surface area contributed by atoms with Crippen molar-refractivity contribution in [1.82, 2.24) is 5.32 Å². The van der Waals surface area contributed by atoms with Crippen LogP contribution in [0.25, 0.3) is 0 Å². The molecular formula is C11H15FN2O3. The Morgan fingerprint density at radius 1 is 1.53 bits per heavy atom. The number of nitro groups is 1. The van der Waals surface area contributed by atoms with E-state index in [1.54, 1.807) is 6.92 Å². The van der Waals surface area contributed by atoms with E-state index in [1.165, 1.54) is 6.07 Å². The van der Waals surface area contributed by atoms with Gasteiger partial charge in [-0.25, -0.2) is 4.39 Å². The van der Waals surface area contributed by atoms with E-state index in [2.05, 4.69) is 5.32 Å². The molecule has 0 spiro atoms. The van der Waals surface area contributed by atoms with Crippen LogP contribution in [0.1, 0.15) is 12.0 Å². The lowest BCUT2D eigenvalue weighted by atomic mass is 10.2. The molecule has 0 aliphatic heterocycles. The maximum Gasteiger partial charge on any atom is 0.275 e. The second-order valence-corrected chi connectivity index (χ2v) is 3.63. The lowest BCUT2D eigenvalue weighted by Gasteiger charge is -2.08. The van der Waals surface area contributed by atoms with Gasteiger partial charge >= 0.3 is 0 Å². The summed E-state index contributed by atoms with van der Waals surface area (Å²) < 4.78 is 18.7. The Bertz CT molecular complexity index is 410. The predicted octanol–water partition coefficient (Wildman–Crippen LogP) is 2.03. The second-order valence-electron chi connectivity index (χ2n) is 3.63. The van der Waals surface area contributed by atoms with Gasteiger partial charge in [-0.1, -0.05) is 0 Å². The molecule has 0 amide bonds. The number of nitrogens with zero attached hydrogens (tertiary/aromatic N) is 1. The van der Waals surface area contributed by atoms with Crippen molar-refractivity contribution in [3.05, 3.63) is 33.6 Å². The van der Waals surface area contributed by atoms with Crippen LogP contribution in [0.4, 0.5) is 10.1 Å². The Labute approximate surface area is 98.7 Å². The summed E-state index contributed by atoms with van der Waals surface area (Å²) >= 11 is 0. The minimum atomic E-state index is -0.702. The summed E-state index contributed by atoms with van der Waals surface area (Å²) in [5.74, 6) is -0.643. The highest BCUT2D eigenvalue weighted by atomic mass is 19.1. The van der Waals surface area contributed by atoms with Crippen LogP contribution in [0.5, 0.6) is 5.75 Å². The van der Waals surface area contributed by atoms with Gasteiger partial charge in [0.05, 0.1) is 17.6 Å². The molecule has 0 heterocycles. The first kappa shape index (κ1) is 13.4. The highest BCUT2D eigenvalue weighted by molar-refractivity contribution is 5.45. The number of rotatable bonds is 6. The Morgan fingerprint density at radius 3 is 2.82 bits per heavy atom. The number of nitrogens with one attached hydrogen (secondary N) is 1. The number of ether oxygens (including phenoxy) is 1. The van der Waals surface area contributed by atoms with E-state index in [1.807, 2.05) is 7.05 Å². The first-order valence-electron chi connectivity index (χ1n) is 5.28. The molecular weight excluding hydrogens is 227 g/mol. The Balaban J connectivity index is 2.74. The van der Waals surface area contributed by atoms with E-state index < -0.39 is 10.7 Å². The van der Waals surface area contributed by atoms with Gasteiger partial charge in [-0.3, -0.25) is 10.1 Å². The molecule has 1 rings (SSSR count). The molecule has 0 saturated carbocycles. The van der Waals surface area contributed by atoms with Gasteiger partial charge in [-0.2, -0.15) is 0 Å². The average molecular weight is 242 g/mol. The van der Waals surface area contributed by atoms with E-state index >= 15 is 0 Å². The maximum absolute atomic E-state index is 13.5. The molecule has 1 N–H and O–H groups in total. The highest BCUT2D eigenvalue weighted by Gasteiger charge is 2.15. The van der Waals surface area contributed by atoms with Crippen molar-refractivity contribution in [2.24, 2.45) is 0 Å². The number of benzene rings is 1. The van der Waals surface area contributed by atoms with E-state index in [4.69, 9.17) is 4.74 Å². The van der Waals surface area contributed by atoms with E-state index in [0.717, 1.165) is 19.0 Å². The molecule has 1 aromatic rings. The molecule has 1 aromatic carbocycles. The topological polar surface area (TPSA) is 64.4 Å². The molecule has 17 heavy (non-hydrogen) atoms. The van der Waals surface area contributed by atoms with Gasteiger partial charge in [0.2, 0.25) is 0 Å². The molecule has 5 nitrogen and oxygen atoms in total. The van der Waals surface area contributed by atoms with Crippen molar-refractivity contribution in [3.63, 3.8) is 0 Å². The summed E-state index contributed by atoms with van der Waals surface area (Å²) in [6.45, 7) is 2.70. The first-order chi connectivity index (χ1) is 8.06. The summed E-state index contributed by atoms with van der Waals surface area (Å²) in [5, 5.41) is 13.5. The first-order valence-corrected chi connectivity index (χ1v) is 5.28. The fraction of sp³-hybridized carbons (Fsp3) is 0.455. The Hall–Kier alpha value is -1.69. The zero-order valence-electron chi connectivity index (χ0n) is 9.83. The summed E-state index contributed by atoms with van der Waals surface area (Å²) in [6.07, 6.45) is 0.742. The van der Waals surface area contributed by atoms with Crippen molar-refractivity contribution in [2.75, 3.05) is 20.2 Å². The quantitative estimate of drug-likeness (QED) is 0.471. The van der Waals surface area contributed by atoms with Crippen LogP contribution >= 0.6 is 0 Å². The van der Waals surface area contributed by atoms with Crippen molar-refractivity contribution >= 4 is 5.69 Å². The molecule has 0 aromatic heterocycles. The number of hydrogen-bond acceptors (Lipinski definition) is 4. The SMILES string of the molecule is CNCCCOc1cc(C)c([N+](=O)[O-])cc1F. The van der Waals surface area contributed by atoms with Crippen molar-refractivity contribution in [1.29, 1.82) is 0 Å². The molecule has 6 heteroatoms. The van der Waals surface area contributed by atoms with Crippen LogP contribution in [0.2, 0.25) is 0 Å². The van der Waals surface area contributed by atoms with Gasteiger partial charge in [0.15, 0.2) is 11.6 Å². The molecule has 0 fully saturated rings. The van der Waals surface area contributed by atoms with Crippen molar-refractivity contribution in [2.45, 2.75) is 13.3 Å². The fourth-order valence-electron chi connectivity index (χ4n) is 1.38. The Morgan fingerprint density at radius 2 is 2.24 bits per heavy atom. The third-order valence-electron chi connectivity index (χ3n) is 2.28. The van der Waals surface area contributed by atoms with E-state index in [-0.39, 0.29) is 11.4 Å². The summed E-state index contributed by atoms with van der Waals surface area (Å²) in [7, 11) is 1.82. The molecule has 0 aliphatic rings. The van der Waals surface area contributed by atoms with Gasteiger partial charge in [-0.05, 0) is 33.0 Å². The fourth-order valence-corrected chi connectivity index (χ4v) is 1.38. The number of halogens is 1. The van der Waals surface area contributed by atoms with Gasteiger partial charge in [0, 0.05) is 5.56 Å². The van der Waals surface area contributed by atoms with Crippen LogP contribution in [0.3, 0.4) is 0 Å². The van der Waals surface area contributed by atoms with Gasteiger partial charge < -0.3 is 10.1 Å². The zero-order valence-corrected chi connectivity index (χ0v) is 9.83. The molecule has 0 radical (unpaired) electrons. The Kier molecular flexibility index (Phi) is 4.84. The molecule has 0 bridgehead atoms. The number of hydrogen-bond donors (Lipinski definition) is 1. The predicted molar refractivity (Wildman–Crippen MR) is 61.8 cm³/mol. The van der Waals surface area contributed by atoms with Crippen LogP contribution in [-0.2, 0) is 0 Å². The van der Waals surface area contributed by atoms with Crippen LogP contribution in [-0.4, -0.2) is 25.1 Å². The largest absolute Gasteiger partial charge is 0.490 e. The number of aryl methyl sites for hydroxylation is 1. The van der Waals surface area contributed by atoms with E-state index in [9.17, 15) is 14.5 Å². The summed E-state index contributed by atoms with van der Waals surface area (Å²) in [4.78, 5) is 9.97. The van der Waals surface area contributed by atoms with Gasteiger partial charge in [0.1, 0.15) is 0 Å². The third-order valence-corrected chi connectivity index (χ3v) is 2.28. The molecule has 0 saturated heterocycles. The lowest BCUT2D eigenvalue weighted by molar-refractivity contribution is -0.385. The summed E-state index contributed by atoms with van der Waals surface area (Å²) in [6, 6.07) is 2.25. The molecule has 94 valence electrons. The van der Waals surface area contributed by atoms with Crippen LogP contribution in [0.15, 0.2) is 12.1 Å². The normalized spacial score (nSPS) is 10.3. The van der Waals surface area contributed by atoms with Crippen LogP contribution < -0.4 is 10.1 Å². The lowest BCUT2D eigenvalue weighted by Crippen LogP contribution is -2.12. The second kappa shape index (κ2) is 6.15. The van der Waals surface area contributed by atoms with Crippen molar-refractivity contribution < 1.29 is 14.1 Å². The minimum Gasteiger partial charge on any atom is -0.490 e. The van der Waals surface area contributed by atoms with Crippen molar-refractivity contribution in [3.8, 4) is 5.75 Å². The average Bonchev–Trinajstić information content (AvgIpc) is 2.28.